The third-order valence-corrected chi connectivity index (χ3v) is 3.31. The zero-order valence-electron chi connectivity index (χ0n) is 11.4. The normalized spacial score (nSPS) is 12.7. The first-order valence-corrected chi connectivity index (χ1v) is 6.79. The molecule has 0 amide bonds. The number of imidazole rings is 1. The predicted octanol–water partition coefficient (Wildman–Crippen LogP) is 2.30. The molecule has 0 fully saturated rings. The van der Waals surface area contributed by atoms with Crippen LogP contribution in [0.3, 0.4) is 0 Å². The average molecular weight is 285 g/mol. The van der Waals surface area contributed by atoms with Gasteiger partial charge in [-0.3, -0.25) is 0 Å². The Hall–Kier alpha value is -2.24. The largest absolute Gasteiger partial charge is 0.387 e. The molecule has 1 atom stereocenters. The fraction of sp³-hybridized carbons (Fsp3) is 0.188. The summed E-state index contributed by atoms with van der Waals surface area (Å²) in [4.78, 5) is 4.46. The van der Waals surface area contributed by atoms with Crippen molar-refractivity contribution >= 4 is 5.65 Å². The number of pyridine rings is 1. The summed E-state index contributed by atoms with van der Waals surface area (Å²) in [5.74, 6) is -0.302. The van der Waals surface area contributed by atoms with E-state index >= 15 is 0 Å². The number of nitrogens with zero attached hydrogens (tertiary/aromatic N) is 2. The van der Waals surface area contributed by atoms with Crippen LogP contribution in [-0.2, 0) is 6.54 Å². The maximum Gasteiger partial charge on any atom is 0.137 e. The fourth-order valence-corrected chi connectivity index (χ4v) is 2.21. The lowest BCUT2D eigenvalue weighted by molar-refractivity contribution is 0.174. The molecule has 0 radical (unpaired) electrons. The molecule has 0 saturated heterocycles. The highest BCUT2D eigenvalue weighted by Crippen LogP contribution is 2.12. The van der Waals surface area contributed by atoms with Gasteiger partial charge in [0.25, 0.3) is 0 Å². The third kappa shape index (κ3) is 3.26. The Morgan fingerprint density at radius 1 is 1.19 bits per heavy atom. The van der Waals surface area contributed by atoms with Crippen LogP contribution >= 0.6 is 0 Å². The van der Waals surface area contributed by atoms with E-state index in [1.54, 1.807) is 12.1 Å². The van der Waals surface area contributed by atoms with Crippen molar-refractivity contribution < 1.29 is 9.50 Å². The van der Waals surface area contributed by atoms with E-state index in [4.69, 9.17) is 0 Å². The van der Waals surface area contributed by atoms with Gasteiger partial charge in [0.1, 0.15) is 11.5 Å². The molecule has 5 heteroatoms. The molecular formula is C16H16FN3O. The van der Waals surface area contributed by atoms with Crippen LogP contribution < -0.4 is 5.32 Å². The van der Waals surface area contributed by atoms with Gasteiger partial charge in [0.2, 0.25) is 0 Å². The monoisotopic (exact) mass is 285 g/mol. The molecule has 2 N–H and O–H groups in total. The van der Waals surface area contributed by atoms with Crippen molar-refractivity contribution in [1.29, 1.82) is 0 Å². The summed E-state index contributed by atoms with van der Waals surface area (Å²) in [6.07, 6.45) is 3.23. The van der Waals surface area contributed by atoms with E-state index in [0.29, 0.717) is 18.7 Å². The van der Waals surface area contributed by atoms with Crippen LogP contribution in [0, 0.1) is 5.82 Å². The summed E-state index contributed by atoms with van der Waals surface area (Å²) < 4.78 is 14.8. The Balaban J connectivity index is 1.56. The van der Waals surface area contributed by atoms with E-state index in [-0.39, 0.29) is 5.82 Å². The first-order valence-electron chi connectivity index (χ1n) is 6.79. The van der Waals surface area contributed by atoms with Crippen molar-refractivity contribution in [1.82, 2.24) is 14.7 Å². The molecular weight excluding hydrogens is 269 g/mol. The standard InChI is InChI=1S/C16H16FN3O/c17-13-6-4-12(5-7-13)15(21)10-18-9-14-11-20-8-2-1-3-16(20)19-14/h1-8,11,15,18,21H,9-10H2. The summed E-state index contributed by atoms with van der Waals surface area (Å²) in [5.41, 5.74) is 2.50. The lowest BCUT2D eigenvalue weighted by Gasteiger charge is -2.11. The van der Waals surface area contributed by atoms with Crippen LogP contribution in [-0.4, -0.2) is 21.0 Å². The molecule has 4 nitrogen and oxygen atoms in total. The summed E-state index contributed by atoms with van der Waals surface area (Å²) in [5, 5.41) is 13.2. The average Bonchev–Trinajstić information content (AvgIpc) is 2.90. The fourth-order valence-electron chi connectivity index (χ4n) is 2.21. The van der Waals surface area contributed by atoms with Crippen LogP contribution in [0.2, 0.25) is 0 Å². The maximum atomic E-state index is 12.8. The van der Waals surface area contributed by atoms with Crippen LogP contribution in [0.1, 0.15) is 17.4 Å². The molecule has 0 spiro atoms. The number of aromatic nitrogens is 2. The van der Waals surface area contributed by atoms with Crippen LogP contribution in [0.5, 0.6) is 0 Å². The number of benzene rings is 1. The van der Waals surface area contributed by atoms with Crippen LogP contribution in [0.15, 0.2) is 54.9 Å². The Kier molecular flexibility index (Phi) is 3.94. The summed E-state index contributed by atoms with van der Waals surface area (Å²) >= 11 is 0. The maximum absolute atomic E-state index is 12.8. The first-order chi connectivity index (χ1) is 10.2. The molecule has 1 aromatic carbocycles. The van der Waals surface area contributed by atoms with Gasteiger partial charge in [0.05, 0.1) is 11.8 Å². The Morgan fingerprint density at radius 2 is 2.00 bits per heavy atom. The first kappa shape index (κ1) is 13.7. The van der Waals surface area contributed by atoms with Crippen molar-refractivity contribution in [3.8, 4) is 0 Å². The van der Waals surface area contributed by atoms with E-state index in [9.17, 15) is 9.50 Å². The molecule has 0 aliphatic rings. The van der Waals surface area contributed by atoms with Crippen molar-refractivity contribution in [3.63, 3.8) is 0 Å². The number of aliphatic hydroxyl groups is 1. The molecule has 0 saturated carbocycles. The SMILES string of the molecule is OC(CNCc1cn2ccccc2n1)c1ccc(F)cc1. The quantitative estimate of drug-likeness (QED) is 0.756. The van der Waals surface area contributed by atoms with Gasteiger partial charge >= 0.3 is 0 Å². The number of halogens is 1. The molecule has 108 valence electrons. The highest BCUT2D eigenvalue weighted by molar-refractivity contribution is 5.39. The van der Waals surface area contributed by atoms with Crippen molar-refractivity contribution in [2.24, 2.45) is 0 Å². The molecule has 2 heterocycles. The molecule has 3 aromatic rings. The van der Waals surface area contributed by atoms with Gasteiger partial charge in [-0.05, 0) is 29.8 Å². The summed E-state index contributed by atoms with van der Waals surface area (Å²) in [6, 6.07) is 11.7. The highest BCUT2D eigenvalue weighted by Gasteiger charge is 2.07. The van der Waals surface area contributed by atoms with Crippen molar-refractivity contribution in [3.05, 3.63) is 71.9 Å². The van der Waals surface area contributed by atoms with E-state index in [2.05, 4.69) is 10.3 Å². The Bertz CT molecular complexity index is 691. The minimum atomic E-state index is -0.664. The van der Waals surface area contributed by atoms with E-state index in [1.165, 1.54) is 12.1 Å². The number of nitrogens with one attached hydrogen (secondary N) is 1. The second-order valence-electron chi connectivity index (χ2n) is 4.90. The highest BCUT2D eigenvalue weighted by atomic mass is 19.1. The van der Waals surface area contributed by atoms with Gasteiger partial charge in [0, 0.05) is 25.5 Å². The van der Waals surface area contributed by atoms with Crippen molar-refractivity contribution in [2.45, 2.75) is 12.6 Å². The predicted molar refractivity (Wildman–Crippen MR) is 78.3 cm³/mol. The van der Waals surface area contributed by atoms with Gasteiger partial charge in [-0.15, -0.1) is 0 Å². The second kappa shape index (κ2) is 6.03. The zero-order valence-corrected chi connectivity index (χ0v) is 11.4. The summed E-state index contributed by atoms with van der Waals surface area (Å²) in [7, 11) is 0. The number of hydrogen-bond acceptors (Lipinski definition) is 3. The lowest BCUT2D eigenvalue weighted by Crippen LogP contribution is -2.21. The van der Waals surface area contributed by atoms with Crippen LogP contribution in [0.4, 0.5) is 4.39 Å². The lowest BCUT2D eigenvalue weighted by atomic mass is 10.1. The Morgan fingerprint density at radius 3 is 2.76 bits per heavy atom. The molecule has 0 aliphatic heterocycles. The molecule has 0 bridgehead atoms. The van der Waals surface area contributed by atoms with Crippen LogP contribution in [0.25, 0.3) is 5.65 Å². The topological polar surface area (TPSA) is 49.6 Å². The van der Waals surface area contributed by atoms with E-state index < -0.39 is 6.10 Å². The van der Waals surface area contributed by atoms with Gasteiger partial charge < -0.3 is 14.8 Å². The smallest absolute Gasteiger partial charge is 0.137 e. The number of rotatable bonds is 5. The number of aliphatic hydroxyl groups excluding tert-OH is 1. The molecule has 1 unspecified atom stereocenters. The summed E-state index contributed by atoms with van der Waals surface area (Å²) in [6.45, 7) is 0.958. The Labute approximate surface area is 121 Å². The van der Waals surface area contributed by atoms with Crippen molar-refractivity contribution in [2.75, 3.05) is 6.54 Å². The molecule has 2 aromatic heterocycles. The zero-order chi connectivity index (χ0) is 14.7. The van der Waals surface area contributed by atoms with E-state index in [0.717, 1.165) is 11.3 Å². The molecule has 21 heavy (non-hydrogen) atoms. The minimum absolute atomic E-state index is 0.302. The molecule has 3 rings (SSSR count). The van der Waals surface area contributed by atoms with E-state index in [1.807, 2.05) is 35.0 Å². The van der Waals surface area contributed by atoms with Gasteiger partial charge in [0.15, 0.2) is 0 Å². The number of hydrogen-bond donors (Lipinski definition) is 2. The number of fused-ring (bicyclic) bond motifs is 1. The third-order valence-electron chi connectivity index (χ3n) is 3.31. The second-order valence-corrected chi connectivity index (χ2v) is 4.90. The minimum Gasteiger partial charge on any atom is -0.387 e. The molecule has 0 aliphatic carbocycles. The van der Waals surface area contributed by atoms with Gasteiger partial charge in [-0.2, -0.15) is 0 Å². The van der Waals surface area contributed by atoms with Gasteiger partial charge in [-0.25, -0.2) is 9.37 Å². The van der Waals surface area contributed by atoms with Gasteiger partial charge in [-0.1, -0.05) is 18.2 Å².